The second kappa shape index (κ2) is 6.82. The van der Waals surface area contributed by atoms with Crippen molar-refractivity contribution in [2.75, 3.05) is 26.9 Å². The van der Waals surface area contributed by atoms with E-state index in [1.807, 2.05) is 6.07 Å². The molecule has 1 saturated heterocycles. The molecular formula is C23H30O5. The molecule has 4 atom stereocenters. The number of rotatable bonds is 3. The average molecular weight is 386 g/mol. The van der Waals surface area contributed by atoms with Crippen molar-refractivity contribution in [1.29, 1.82) is 0 Å². The van der Waals surface area contributed by atoms with Gasteiger partial charge in [0.05, 0.1) is 13.2 Å². The third-order valence-electron chi connectivity index (χ3n) is 7.99. The molecule has 5 rings (SSSR count). The summed E-state index contributed by atoms with van der Waals surface area (Å²) in [4.78, 5) is 11.7. The van der Waals surface area contributed by atoms with Gasteiger partial charge >= 0.3 is 5.97 Å². The molecule has 152 valence electrons. The predicted molar refractivity (Wildman–Crippen MR) is 103 cm³/mol. The van der Waals surface area contributed by atoms with Crippen LogP contribution in [0.15, 0.2) is 18.2 Å². The summed E-state index contributed by atoms with van der Waals surface area (Å²) >= 11 is 0. The van der Waals surface area contributed by atoms with Crippen LogP contribution >= 0.6 is 0 Å². The Morgan fingerprint density at radius 3 is 2.79 bits per heavy atom. The Bertz CT molecular complexity index is 768. The number of hydrogen-bond acceptors (Lipinski definition) is 5. The van der Waals surface area contributed by atoms with Crippen LogP contribution in [0, 0.1) is 17.3 Å². The number of fused-ring (bicyclic) bond motifs is 6. The quantitative estimate of drug-likeness (QED) is 0.584. The van der Waals surface area contributed by atoms with Crippen LogP contribution in [0.25, 0.3) is 0 Å². The summed E-state index contributed by atoms with van der Waals surface area (Å²) in [6.07, 6.45) is 6.83. The van der Waals surface area contributed by atoms with Crippen molar-refractivity contribution < 1.29 is 23.7 Å². The molecule has 0 aromatic heterocycles. The van der Waals surface area contributed by atoms with Gasteiger partial charge in [-0.25, -0.2) is 4.79 Å². The molecule has 4 aliphatic rings. The van der Waals surface area contributed by atoms with Crippen molar-refractivity contribution in [3.63, 3.8) is 0 Å². The van der Waals surface area contributed by atoms with E-state index in [1.54, 1.807) is 0 Å². The number of benzene rings is 1. The van der Waals surface area contributed by atoms with E-state index in [-0.39, 0.29) is 23.8 Å². The highest BCUT2D eigenvalue weighted by atomic mass is 16.7. The number of esters is 1. The first-order valence-electron chi connectivity index (χ1n) is 10.7. The minimum absolute atomic E-state index is 0.0199. The third kappa shape index (κ3) is 2.66. The maximum absolute atomic E-state index is 11.7. The van der Waals surface area contributed by atoms with Gasteiger partial charge in [-0.15, -0.1) is 0 Å². The van der Waals surface area contributed by atoms with E-state index in [2.05, 4.69) is 19.1 Å². The van der Waals surface area contributed by atoms with Crippen molar-refractivity contribution >= 4 is 5.97 Å². The molecule has 1 aromatic carbocycles. The normalized spacial score (nSPS) is 35.3. The minimum Gasteiger partial charge on any atom is -0.425 e. The summed E-state index contributed by atoms with van der Waals surface area (Å²) in [6.45, 7) is 3.88. The first-order valence-corrected chi connectivity index (χ1v) is 10.7. The lowest BCUT2D eigenvalue weighted by Gasteiger charge is -2.52. The molecule has 1 aromatic rings. The zero-order chi connectivity index (χ0) is 19.4. The van der Waals surface area contributed by atoms with Crippen molar-refractivity contribution in [2.24, 2.45) is 17.3 Å². The monoisotopic (exact) mass is 386 g/mol. The van der Waals surface area contributed by atoms with E-state index in [4.69, 9.17) is 18.9 Å². The van der Waals surface area contributed by atoms with Gasteiger partial charge in [0.25, 0.3) is 0 Å². The lowest BCUT2D eigenvalue weighted by atomic mass is 9.55. The molecular weight excluding hydrogens is 356 g/mol. The summed E-state index contributed by atoms with van der Waals surface area (Å²) in [5, 5.41) is 0. The highest BCUT2D eigenvalue weighted by Gasteiger charge is 2.64. The Morgan fingerprint density at radius 1 is 1.18 bits per heavy atom. The van der Waals surface area contributed by atoms with Crippen LogP contribution in [-0.2, 0) is 25.4 Å². The minimum atomic E-state index is -0.350. The molecule has 0 amide bonds. The number of ether oxygens (including phenoxy) is 4. The fourth-order valence-corrected chi connectivity index (χ4v) is 6.79. The average Bonchev–Trinajstić information content (AvgIpc) is 3.28. The van der Waals surface area contributed by atoms with E-state index < -0.39 is 0 Å². The second-order valence-electron chi connectivity index (χ2n) is 9.13. The van der Waals surface area contributed by atoms with Gasteiger partial charge in [-0.2, -0.15) is 0 Å². The largest absolute Gasteiger partial charge is 0.425 e. The van der Waals surface area contributed by atoms with Crippen LogP contribution < -0.4 is 4.74 Å². The lowest BCUT2D eigenvalue weighted by molar-refractivity contribution is -0.237. The first-order chi connectivity index (χ1) is 13.6. The van der Waals surface area contributed by atoms with Gasteiger partial charge in [-0.1, -0.05) is 13.0 Å². The molecule has 3 unspecified atom stereocenters. The number of carbonyl (C=O) groups excluding carboxylic acids is 1. The summed E-state index contributed by atoms with van der Waals surface area (Å²) in [6, 6.07) is 6.20. The van der Waals surface area contributed by atoms with Crippen LogP contribution in [0.1, 0.15) is 56.1 Å². The molecule has 0 bridgehead atoms. The zero-order valence-corrected chi connectivity index (χ0v) is 16.9. The van der Waals surface area contributed by atoms with Gasteiger partial charge < -0.3 is 18.9 Å². The summed E-state index contributed by atoms with van der Waals surface area (Å²) < 4.78 is 22.7. The molecule has 1 spiro atoms. The molecule has 5 nitrogen and oxygen atoms in total. The summed E-state index contributed by atoms with van der Waals surface area (Å²) in [7, 11) is 1.50. The van der Waals surface area contributed by atoms with Crippen LogP contribution in [0.5, 0.6) is 5.75 Å². The number of methoxy groups -OCH3 is 1. The van der Waals surface area contributed by atoms with Gasteiger partial charge in [0.2, 0.25) is 0 Å². The lowest BCUT2D eigenvalue weighted by Crippen LogP contribution is -2.51. The molecule has 2 saturated carbocycles. The highest BCUT2D eigenvalue weighted by Crippen LogP contribution is 2.66. The zero-order valence-electron chi connectivity index (χ0n) is 16.9. The second-order valence-corrected chi connectivity index (χ2v) is 9.13. The maximum Gasteiger partial charge on any atom is 0.337 e. The van der Waals surface area contributed by atoms with Gasteiger partial charge in [0.1, 0.15) is 12.4 Å². The maximum atomic E-state index is 11.7. The third-order valence-corrected chi connectivity index (χ3v) is 7.99. The van der Waals surface area contributed by atoms with E-state index in [1.165, 1.54) is 37.5 Å². The predicted octanol–water partition coefficient (Wildman–Crippen LogP) is 3.84. The first kappa shape index (κ1) is 18.6. The van der Waals surface area contributed by atoms with Crippen molar-refractivity contribution in [1.82, 2.24) is 0 Å². The van der Waals surface area contributed by atoms with E-state index in [9.17, 15) is 4.79 Å². The van der Waals surface area contributed by atoms with E-state index in [0.29, 0.717) is 23.5 Å². The van der Waals surface area contributed by atoms with Gasteiger partial charge in [-0.05, 0) is 73.1 Å². The molecule has 5 heteroatoms. The fourth-order valence-electron chi connectivity index (χ4n) is 6.79. The highest BCUT2D eigenvalue weighted by molar-refractivity contribution is 5.73. The molecule has 1 aliphatic heterocycles. The Balaban J connectivity index is 1.38. The molecule has 0 N–H and O–H groups in total. The number of hydrogen-bond donors (Lipinski definition) is 0. The molecule has 28 heavy (non-hydrogen) atoms. The van der Waals surface area contributed by atoms with Crippen molar-refractivity contribution in [3.05, 3.63) is 29.3 Å². The Labute approximate surface area is 166 Å². The summed E-state index contributed by atoms with van der Waals surface area (Å²) in [5.41, 5.74) is 2.94. The smallest absolute Gasteiger partial charge is 0.337 e. The molecule has 0 radical (unpaired) electrons. The molecule has 3 aliphatic carbocycles. The van der Waals surface area contributed by atoms with Crippen molar-refractivity contribution in [2.45, 2.75) is 57.2 Å². The fraction of sp³-hybridized carbons (Fsp3) is 0.696. The van der Waals surface area contributed by atoms with Crippen LogP contribution in [0.4, 0.5) is 0 Å². The number of aryl methyl sites for hydroxylation is 1. The van der Waals surface area contributed by atoms with Gasteiger partial charge in [0, 0.05) is 18.9 Å². The summed E-state index contributed by atoms with van der Waals surface area (Å²) in [5.74, 6) is 1.91. The molecule has 1 heterocycles. The standard InChI is InChI=1S/C23H30O5/c1-22-9-7-18-17-6-4-16(28-21(24)14-25-2)13-15(17)3-5-19(18)20(22)8-10-23(22)26-11-12-27-23/h4,6,13,18-20H,3,5,7-12,14H2,1-2H3/t18?,19?,20?,22-/m0/s1. The van der Waals surface area contributed by atoms with Crippen LogP contribution in [0.2, 0.25) is 0 Å². The van der Waals surface area contributed by atoms with Crippen molar-refractivity contribution in [3.8, 4) is 5.75 Å². The van der Waals surface area contributed by atoms with E-state index in [0.717, 1.165) is 32.5 Å². The van der Waals surface area contributed by atoms with Crippen LogP contribution in [0.3, 0.4) is 0 Å². The topological polar surface area (TPSA) is 54.0 Å². The van der Waals surface area contributed by atoms with Crippen LogP contribution in [-0.4, -0.2) is 38.7 Å². The number of carbonyl (C=O) groups is 1. The van der Waals surface area contributed by atoms with Gasteiger partial charge in [-0.3, -0.25) is 0 Å². The van der Waals surface area contributed by atoms with Gasteiger partial charge in [0.15, 0.2) is 5.79 Å². The van der Waals surface area contributed by atoms with E-state index >= 15 is 0 Å². The molecule has 3 fully saturated rings. The Kier molecular flexibility index (Phi) is 4.53. The Hall–Kier alpha value is -1.43. The Morgan fingerprint density at radius 2 is 2.00 bits per heavy atom. The SMILES string of the molecule is COCC(=O)Oc1ccc2c(c1)CCC1C2CC[C@@]2(C)C1CCC21OCCO1.